The summed E-state index contributed by atoms with van der Waals surface area (Å²) in [5.74, 6) is 1.45. The molecule has 0 aliphatic carbocycles. The minimum absolute atomic E-state index is 0.101. The number of benzene rings is 1. The number of rotatable bonds is 7. The summed E-state index contributed by atoms with van der Waals surface area (Å²) in [5.41, 5.74) is 2.12. The van der Waals surface area contributed by atoms with Crippen LogP contribution in [0.15, 0.2) is 12.1 Å². The lowest BCUT2D eigenvalue weighted by Gasteiger charge is -2.14. The minimum Gasteiger partial charge on any atom is -0.496 e. The fraction of sp³-hybridized carbons (Fsp3) is 0.467. The Balaban J connectivity index is 2.96. The molecule has 0 atom stereocenters. The van der Waals surface area contributed by atoms with Crippen molar-refractivity contribution in [3.63, 3.8) is 0 Å². The molecule has 0 spiro atoms. The Labute approximate surface area is 114 Å². The van der Waals surface area contributed by atoms with E-state index >= 15 is 0 Å². The Kier molecular flexibility index (Phi) is 5.55. The van der Waals surface area contributed by atoms with Crippen LogP contribution in [0.5, 0.6) is 11.5 Å². The van der Waals surface area contributed by atoms with Crippen LogP contribution in [0.25, 0.3) is 0 Å². The van der Waals surface area contributed by atoms with Crippen molar-refractivity contribution in [1.29, 1.82) is 5.41 Å². The third kappa shape index (κ3) is 3.81. The molecule has 0 saturated carbocycles. The average Bonchev–Trinajstić information content (AvgIpc) is 2.42. The molecule has 4 nitrogen and oxygen atoms in total. The number of methoxy groups -OCH3 is 2. The summed E-state index contributed by atoms with van der Waals surface area (Å²) in [6, 6.07) is 3.88. The number of ether oxygens (including phenoxy) is 2. The van der Waals surface area contributed by atoms with Crippen LogP contribution in [-0.2, 0) is 17.6 Å². The second-order valence-corrected chi connectivity index (χ2v) is 4.38. The Morgan fingerprint density at radius 2 is 1.74 bits per heavy atom. The molecule has 104 valence electrons. The van der Waals surface area contributed by atoms with Gasteiger partial charge in [-0.15, -0.1) is 0 Å². The van der Waals surface area contributed by atoms with Gasteiger partial charge in [-0.2, -0.15) is 0 Å². The van der Waals surface area contributed by atoms with Crippen LogP contribution in [0.1, 0.15) is 31.4 Å². The van der Waals surface area contributed by atoms with Crippen molar-refractivity contribution in [3.05, 3.63) is 23.3 Å². The molecule has 4 heteroatoms. The monoisotopic (exact) mass is 263 g/mol. The highest BCUT2D eigenvalue weighted by Crippen LogP contribution is 2.31. The average molecular weight is 263 g/mol. The van der Waals surface area contributed by atoms with Crippen molar-refractivity contribution in [1.82, 2.24) is 0 Å². The maximum atomic E-state index is 11.5. The van der Waals surface area contributed by atoms with Gasteiger partial charge in [-0.3, -0.25) is 4.79 Å². The number of hydrogen-bond acceptors (Lipinski definition) is 4. The van der Waals surface area contributed by atoms with Crippen molar-refractivity contribution < 1.29 is 14.3 Å². The van der Waals surface area contributed by atoms with Gasteiger partial charge in [-0.1, -0.05) is 6.92 Å². The van der Waals surface area contributed by atoms with Crippen LogP contribution >= 0.6 is 0 Å². The summed E-state index contributed by atoms with van der Waals surface area (Å²) < 4.78 is 10.7. The largest absolute Gasteiger partial charge is 0.496 e. The van der Waals surface area contributed by atoms with Crippen molar-refractivity contribution >= 4 is 11.5 Å². The third-order valence-electron chi connectivity index (χ3n) is 3.08. The number of carbonyl (C=O) groups is 1. The van der Waals surface area contributed by atoms with Crippen molar-refractivity contribution in [3.8, 4) is 11.5 Å². The predicted molar refractivity (Wildman–Crippen MR) is 75.7 cm³/mol. The molecule has 0 fully saturated rings. The summed E-state index contributed by atoms with van der Waals surface area (Å²) in [7, 11) is 3.26. The molecule has 0 heterocycles. The lowest BCUT2D eigenvalue weighted by Crippen LogP contribution is -2.09. The summed E-state index contributed by atoms with van der Waals surface area (Å²) in [6.07, 6.45) is 1.75. The van der Waals surface area contributed by atoms with Gasteiger partial charge >= 0.3 is 0 Å². The molecule has 0 aromatic heterocycles. The molecule has 1 N–H and O–H groups in total. The van der Waals surface area contributed by atoms with E-state index in [2.05, 4.69) is 0 Å². The quantitative estimate of drug-likeness (QED) is 0.769. The van der Waals surface area contributed by atoms with E-state index < -0.39 is 0 Å². The van der Waals surface area contributed by atoms with E-state index in [0.29, 0.717) is 12.8 Å². The van der Waals surface area contributed by atoms with Gasteiger partial charge in [0.1, 0.15) is 11.5 Å². The number of ketones is 1. The number of Topliss-reactive ketones (excluding diaryl/α,β-unsaturated/α-hetero) is 1. The molecule has 1 aromatic carbocycles. The van der Waals surface area contributed by atoms with Gasteiger partial charge in [0.2, 0.25) is 0 Å². The molecular weight excluding hydrogens is 242 g/mol. The third-order valence-corrected chi connectivity index (χ3v) is 3.08. The van der Waals surface area contributed by atoms with Gasteiger partial charge < -0.3 is 14.9 Å². The molecule has 1 rings (SSSR count). The van der Waals surface area contributed by atoms with Gasteiger partial charge in [0.15, 0.2) is 5.78 Å². The van der Waals surface area contributed by atoms with Gasteiger partial charge in [-0.25, -0.2) is 0 Å². The highest BCUT2D eigenvalue weighted by Gasteiger charge is 2.12. The molecule has 19 heavy (non-hydrogen) atoms. The van der Waals surface area contributed by atoms with E-state index in [1.165, 1.54) is 6.92 Å². The van der Waals surface area contributed by atoms with E-state index in [1.54, 1.807) is 14.2 Å². The van der Waals surface area contributed by atoms with E-state index in [0.717, 1.165) is 29.0 Å². The van der Waals surface area contributed by atoms with Crippen molar-refractivity contribution in [2.24, 2.45) is 0 Å². The predicted octanol–water partition coefficient (Wildman–Crippen LogP) is 2.81. The SMILES string of the molecule is CCc1c(OC)cc(CCC(=O)C(C)=N)cc1OC. The molecular formula is C15H21NO3. The van der Waals surface area contributed by atoms with Crippen LogP contribution < -0.4 is 9.47 Å². The Hall–Kier alpha value is -1.84. The normalized spacial score (nSPS) is 10.1. The van der Waals surface area contributed by atoms with Crippen LogP contribution in [0.4, 0.5) is 0 Å². The maximum Gasteiger partial charge on any atom is 0.176 e. The highest BCUT2D eigenvalue weighted by molar-refractivity contribution is 6.37. The number of nitrogens with one attached hydrogen (secondary N) is 1. The van der Waals surface area contributed by atoms with Gasteiger partial charge in [0, 0.05) is 12.0 Å². The van der Waals surface area contributed by atoms with Gasteiger partial charge in [0.25, 0.3) is 0 Å². The number of aryl methyl sites for hydroxylation is 1. The van der Waals surface area contributed by atoms with Crippen LogP contribution in [0.2, 0.25) is 0 Å². The van der Waals surface area contributed by atoms with Crippen molar-refractivity contribution in [2.75, 3.05) is 14.2 Å². The summed E-state index contributed by atoms with van der Waals surface area (Å²) in [4.78, 5) is 11.5. The van der Waals surface area contributed by atoms with E-state index in [-0.39, 0.29) is 11.5 Å². The molecule has 1 aromatic rings. The zero-order valence-corrected chi connectivity index (χ0v) is 12.0. The molecule has 0 saturated heterocycles. The summed E-state index contributed by atoms with van der Waals surface area (Å²) in [6.45, 7) is 3.56. The minimum atomic E-state index is -0.127. The van der Waals surface area contributed by atoms with Crippen molar-refractivity contribution in [2.45, 2.75) is 33.1 Å². The first-order chi connectivity index (χ1) is 9.03. The Bertz CT molecular complexity index is 455. The lowest BCUT2D eigenvalue weighted by atomic mass is 10.0. The topological polar surface area (TPSA) is 59.4 Å². The van der Waals surface area contributed by atoms with E-state index in [1.807, 2.05) is 19.1 Å². The lowest BCUT2D eigenvalue weighted by molar-refractivity contribution is -0.113. The van der Waals surface area contributed by atoms with Crippen LogP contribution in [0, 0.1) is 5.41 Å². The van der Waals surface area contributed by atoms with Gasteiger partial charge in [-0.05, 0) is 37.5 Å². The van der Waals surface area contributed by atoms with Crippen LogP contribution in [0.3, 0.4) is 0 Å². The molecule has 0 amide bonds. The first-order valence-electron chi connectivity index (χ1n) is 6.35. The van der Waals surface area contributed by atoms with E-state index in [4.69, 9.17) is 14.9 Å². The fourth-order valence-electron chi connectivity index (χ4n) is 1.98. The first kappa shape index (κ1) is 15.2. The zero-order valence-electron chi connectivity index (χ0n) is 12.0. The second-order valence-electron chi connectivity index (χ2n) is 4.38. The van der Waals surface area contributed by atoms with Gasteiger partial charge in [0.05, 0.1) is 19.9 Å². The molecule has 0 radical (unpaired) electrons. The fourth-order valence-corrected chi connectivity index (χ4v) is 1.98. The zero-order chi connectivity index (χ0) is 14.4. The second kappa shape index (κ2) is 6.92. The molecule has 0 aliphatic rings. The molecule has 0 unspecified atom stereocenters. The maximum absolute atomic E-state index is 11.5. The highest BCUT2D eigenvalue weighted by atomic mass is 16.5. The van der Waals surface area contributed by atoms with E-state index in [9.17, 15) is 4.79 Å². The molecule has 0 bridgehead atoms. The standard InChI is InChI=1S/C15H21NO3/c1-5-12-14(18-3)8-11(9-15(12)19-4)6-7-13(17)10(2)16/h8-9,16H,5-7H2,1-4H3. The molecule has 0 aliphatic heterocycles. The Morgan fingerprint density at radius 1 is 1.21 bits per heavy atom. The number of hydrogen-bond donors (Lipinski definition) is 1. The van der Waals surface area contributed by atoms with Crippen LogP contribution in [-0.4, -0.2) is 25.7 Å². The summed E-state index contributed by atoms with van der Waals surface area (Å²) in [5, 5.41) is 7.29. The first-order valence-corrected chi connectivity index (χ1v) is 6.35. The smallest absolute Gasteiger partial charge is 0.176 e. The number of carbonyl (C=O) groups excluding carboxylic acids is 1. The summed E-state index contributed by atoms with van der Waals surface area (Å²) >= 11 is 0. The Morgan fingerprint density at radius 3 is 2.11 bits per heavy atom.